The van der Waals surface area contributed by atoms with Gasteiger partial charge in [0.2, 0.25) is 0 Å². The van der Waals surface area contributed by atoms with Crippen LogP contribution in [0.4, 0.5) is 0 Å². The maximum atomic E-state index is 2.68. The first-order valence-electron chi connectivity index (χ1n) is 9.22. The number of rotatable bonds is 7. The van der Waals surface area contributed by atoms with Gasteiger partial charge < -0.3 is 4.90 Å². The van der Waals surface area contributed by atoms with E-state index in [1.807, 2.05) is 0 Å². The summed E-state index contributed by atoms with van der Waals surface area (Å²) in [6, 6.07) is 0.823. The quantitative estimate of drug-likeness (QED) is 0.706. The van der Waals surface area contributed by atoms with Crippen LogP contribution in [-0.4, -0.2) is 91.2 Å². The molecule has 0 bridgehead atoms. The Morgan fingerprint density at radius 1 is 0.714 bits per heavy atom. The van der Waals surface area contributed by atoms with Crippen molar-refractivity contribution in [3.05, 3.63) is 0 Å². The fourth-order valence-corrected chi connectivity index (χ4v) is 4.19. The van der Waals surface area contributed by atoms with Gasteiger partial charge in [0, 0.05) is 38.8 Å². The van der Waals surface area contributed by atoms with Crippen molar-refractivity contribution in [3.63, 3.8) is 0 Å². The summed E-state index contributed by atoms with van der Waals surface area (Å²) in [5, 5.41) is 0. The largest absolute Gasteiger partial charge is 0.303 e. The molecule has 4 nitrogen and oxygen atoms in total. The molecule has 0 aromatic carbocycles. The van der Waals surface area contributed by atoms with Gasteiger partial charge in [-0.05, 0) is 65.2 Å². The van der Waals surface area contributed by atoms with Gasteiger partial charge in [-0.25, -0.2) is 0 Å². The van der Waals surface area contributed by atoms with E-state index in [4.69, 9.17) is 0 Å². The molecule has 0 N–H and O–H groups in total. The Bertz CT molecular complexity index is 303. The van der Waals surface area contributed by atoms with Crippen molar-refractivity contribution in [2.45, 2.75) is 45.1 Å². The van der Waals surface area contributed by atoms with Crippen LogP contribution in [-0.2, 0) is 0 Å². The lowest BCUT2D eigenvalue weighted by Crippen LogP contribution is -2.36. The zero-order valence-corrected chi connectivity index (χ0v) is 14.0. The standard InChI is InChI=1S/C17H34N4/c1-17-6-4-11-21(17)15-14-20-13-12-19(16-20)10-5-9-18-7-2-3-8-18/h17H,2-16H2,1H3. The second-order valence-electron chi connectivity index (χ2n) is 7.31. The molecular weight excluding hydrogens is 260 g/mol. The topological polar surface area (TPSA) is 13.0 Å². The molecule has 3 fully saturated rings. The molecular formula is C17H34N4. The highest BCUT2D eigenvalue weighted by Gasteiger charge is 2.23. The van der Waals surface area contributed by atoms with Crippen molar-refractivity contribution < 1.29 is 0 Å². The van der Waals surface area contributed by atoms with E-state index in [1.165, 1.54) is 97.7 Å². The average molecular weight is 294 g/mol. The Balaban J connectivity index is 1.26. The highest BCUT2D eigenvalue weighted by Crippen LogP contribution is 2.16. The molecule has 1 unspecified atom stereocenters. The molecule has 0 aromatic heterocycles. The van der Waals surface area contributed by atoms with E-state index in [0.29, 0.717) is 0 Å². The molecule has 0 aromatic rings. The van der Waals surface area contributed by atoms with Crippen molar-refractivity contribution in [2.24, 2.45) is 0 Å². The van der Waals surface area contributed by atoms with Crippen LogP contribution in [0.25, 0.3) is 0 Å². The van der Waals surface area contributed by atoms with Crippen LogP contribution in [0.1, 0.15) is 39.0 Å². The van der Waals surface area contributed by atoms with Gasteiger partial charge in [-0.15, -0.1) is 0 Å². The van der Waals surface area contributed by atoms with Gasteiger partial charge in [-0.2, -0.15) is 0 Å². The third kappa shape index (κ3) is 4.65. The summed E-state index contributed by atoms with van der Waals surface area (Å²) in [4.78, 5) is 10.6. The van der Waals surface area contributed by atoms with Crippen molar-refractivity contribution in [1.82, 2.24) is 19.6 Å². The number of hydrogen-bond acceptors (Lipinski definition) is 4. The Morgan fingerprint density at radius 3 is 2.14 bits per heavy atom. The number of likely N-dealkylation sites (tertiary alicyclic amines) is 2. The molecule has 0 saturated carbocycles. The molecule has 0 radical (unpaired) electrons. The molecule has 3 heterocycles. The Kier molecular flexibility index (Phi) is 5.92. The van der Waals surface area contributed by atoms with Crippen LogP contribution in [0.5, 0.6) is 0 Å². The second kappa shape index (κ2) is 7.91. The van der Waals surface area contributed by atoms with E-state index in [9.17, 15) is 0 Å². The average Bonchev–Trinajstić information content (AvgIpc) is 3.19. The van der Waals surface area contributed by atoms with E-state index in [2.05, 4.69) is 26.5 Å². The van der Waals surface area contributed by atoms with E-state index in [-0.39, 0.29) is 0 Å². The minimum absolute atomic E-state index is 0.823. The fourth-order valence-electron chi connectivity index (χ4n) is 4.19. The number of nitrogens with zero attached hydrogens (tertiary/aromatic N) is 4. The van der Waals surface area contributed by atoms with E-state index < -0.39 is 0 Å². The molecule has 122 valence electrons. The second-order valence-corrected chi connectivity index (χ2v) is 7.31. The molecule has 4 heteroatoms. The zero-order chi connectivity index (χ0) is 14.5. The maximum Gasteiger partial charge on any atom is 0.0507 e. The van der Waals surface area contributed by atoms with Crippen molar-refractivity contribution in [3.8, 4) is 0 Å². The van der Waals surface area contributed by atoms with E-state index >= 15 is 0 Å². The van der Waals surface area contributed by atoms with Crippen molar-refractivity contribution in [2.75, 3.05) is 65.6 Å². The minimum Gasteiger partial charge on any atom is -0.303 e. The van der Waals surface area contributed by atoms with E-state index in [0.717, 1.165) is 6.04 Å². The lowest BCUT2D eigenvalue weighted by Gasteiger charge is -2.25. The van der Waals surface area contributed by atoms with Crippen LogP contribution < -0.4 is 0 Å². The summed E-state index contributed by atoms with van der Waals surface area (Å²) in [5.74, 6) is 0. The van der Waals surface area contributed by atoms with Crippen molar-refractivity contribution in [1.29, 1.82) is 0 Å². The summed E-state index contributed by atoms with van der Waals surface area (Å²) in [5.41, 5.74) is 0. The smallest absolute Gasteiger partial charge is 0.0507 e. The summed E-state index contributed by atoms with van der Waals surface area (Å²) >= 11 is 0. The first-order valence-corrected chi connectivity index (χ1v) is 9.22. The van der Waals surface area contributed by atoms with E-state index in [1.54, 1.807) is 0 Å². The van der Waals surface area contributed by atoms with Gasteiger partial charge in [-0.1, -0.05) is 0 Å². The predicted molar refractivity (Wildman–Crippen MR) is 88.6 cm³/mol. The molecule has 0 amide bonds. The molecule has 21 heavy (non-hydrogen) atoms. The van der Waals surface area contributed by atoms with Crippen LogP contribution >= 0.6 is 0 Å². The third-order valence-corrected chi connectivity index (χ3v) is 5.67. The summed E-state index contributed by atoms with van der Waals surface area (Å²) in [7, 11) is 0. The minimum atomic E-state index is 0.823. The van der Waals surface area contributed by atoms with Gasteiger partial charge in [0.05, 0.1) is 6.67 Å². The van der Waals surface area contributed by atoms with Gasteiger partial charge in [0.1, 0.15) is 0 Å². The highest BCUT2D eigenvalue weighted by molar-refractivity contribution is 4.78. The lowest BCUT2D eigenvalue weighted by molar-refractivity contribution is 0.192. The lowest BCUT2D eigenvalue weighted by atomic mass is 10.2. The van der Waals surface area contributed by atoms with Crippen LogP contribution in [0, 0.1) is 0 Å². The predicted octanol–water partition coefficient (Wildman–Crippen LogP) is 1.53. The zero-order valence-electron chi connectivity index (χ0n) is 14.0. The normalized spacial score (nSPS) is 29.9. The van der Waals surface area contributed by atoms with Crippen LogP contribution in [0.2, 0.25) is 0 Å². The Hall–Kier alpha value is -0.160. The molecule has 3 saturated heterocycles. The Morgan fingerprint density at radius 2 is 1.43 bits per heavy atom. The SMILES string of the molecule is CC1CCCN1CCN1CCN(CCCN2CCCC2)C1. The first-order chi connectivity index (χ1) is 10.3. The van der Waals surface area contributed by atoms with Crippen molar-refractivity contribution >= 4 is 0 Å². The highest BCUT2D eigenvalue weighted by atomic mass is 15.4. The van der Waals surface area contributed by atoms with Gasteiger partial charge in [-0.3, -0.25) is 14.7 Å². The molecule has 3 aliphatic heterocycles. The van der Waals surface area contributed by atoms with Gasteiger partial charge in [0.15, 0.2) is 0 Å². The molecule has 0 spiro atoms. The number of hydrogen-bond donors (Lipinski definition) is 0. The monoisotopic (exact) mass is 294 g/mol. The molecule has 3 rings (SSSR count). The first kappa shape index (κ1) is 15.7. The van der Waals surface area contributed by atoms with Crippen LogP contribution in [0.15, 0.2) is 0 Å². The summed E-state index contributed by atoms with van der Waals surface area (Å²) < 4.78 is 0. The third-order valence-electron chi connectivity index (χ3n) is 5.67. The fraction of sp³-hybridized carbons (Fsp3) is 1.00. The summed E-state index contributed by atoms with van der Waals surface area (Å²) in [6.07, 6.45) is 7.02. The summed E-state index contributed by atoms with van der Waals surface area (Å²) in [6.45, 7) is 15.4. The van der Waals surface area contributed by atoms with Gasteiger partial charge >= 0.3 is 0 Å². The molecule has 1 atom stereocenters. The van der Waals surface area contributed by atoms with Crippen LogP contribution in [0.3, 0.4) is 0 Å². The molecule has 0 aliphatic carbocycles. The molecule has 3 aliphatic rings. The Labute approximate surface area is 131 Å². The van der Waals surface area contributed by atoms with Gasteiger partial charge in [0.25, 0.3) is 0 Å². The maximum absolute atomic E-state index is 2.68.